The summed E-state index contributed by atoms with van der Waals surface area (Å²) in [4.78, 5) is 0. The Balaban J connectivity index is 2.72. The summed E-state index contributed by atoms with van der Waals surface area (Å²) >= 11 is 0. The van der Waals surface area contributed by atoms with Crippen LogP contribution in [0.25, 0.3) is 0 Å². The zero-order valence-electron chi connectivity index (χ0n) is 8.43. The van der Waals surface area contributed by atoms with Gasteiger partial charge in [0.05, 0.1) is 6.61 Å². The Kier molecular flexibility index (Phi) is 3.33. The molecule has 1 heteroatoms. The van der Waals surface area contributed by atoms with E-state index in [1.54, 1.807) is 0 Å². The Morgan fingerprint density at radius 1 is 1.50 bits per heavy atom. The van der Waals surface area contributed by atoms with Crippen molar-refractivity contribution in [1.29, 1.82) is 0 Å². The summed E-state index contributed by atoms with van der Waals surface area (Å²) in [6, 6.07) is 0. The molecule has 1 unspecified atom stereocenters. The highest BCUT2D eigenvalue weighted by molar-refractivity contribution is 5.18. The van der Waals surface area contributed by atoms with Gasteiger partial charge in [0.15, 0.2) is 0 Å². The van der Waals surface area contributed by atoms with E-state index in [-0.39, 0.29) is 6.61 Å². The van der Waals surface area contributed by atoms with Crippen molar-refractivity contribution >= 4 is 0 Å². The monoisotopic (exact) mass is 168 g/mol. The van der Waals surface area contributed by atoms with Crippen LogP contribution < -0.4 is 0 Å². The Bertz CT molecular complexity index is 181. The van der Waals surface area contributed by atoms with Crippen molar-refractivity contribution in [2.24, 2.45) is 11.8 Å². The minimum atomic E-state index is 0.267. The molecule has 0 aromatic heterocycles. The quantitative estimate of drug-likeness (QED) is 0.629. The largest absolute Gasteiger partial charge is 0.392 e. The van der Waals surface area contributed by atoms with E-state index < -0.39 is 0 Å². The summed E-state index contributed by atoms with van der Waals surface area (Å²) in [6.07, 6.45) is 3.75. The number of hydrogen-bond donors (Lipinski definition) is 1. The summed E-state index contributed by atoms with van der Waals surface area (Å²) in [6.45, 7) is 6.93. The summed E-state index contributed by atoms with van der Waals surface area (Å²) in [5, 5.41) is 9.13. The number of aliphatic hydroxyl groups is 1. The van der Waals surface area contributed by atoms with Crippen molar-refractivity contribution in [3.63, 3.8) is 0 Å². The van der Waals surface area contributed by atoms with Crippen molar-refractivity contribution in [3.05, 3.63) is 11.1 Å². The molecule has 1 rings (SSSR count). The van der Waals surface area contributed by atoms with Crippen LogP contribution in [-0.2, 0) is 0 Å². The van der Waals surface area contributed by atoms with Crippen molar-refractivity contribution in [1.82, 2.24) is 0 Å². The highest BCUT2D eigenvalue weighted by Gasteiger charge is 2.22. The third-order valence-corrected chi connectivity index (χ3v) is 3.17. The van der Waals surface area contributed by atoms with Gasteiger partial charge < -0.3 is 5.11 Å². The van der Waals surface area contributed by atoms with Gasteiger partial charge in [-0.25, -0.2) is 0 Å². The van der Waals surface area contributed by atoms with Crippen molar-refractivity contribution < 1.29 is 5.11 Å². The van der Waals surface area contributed by atoms with E-state index in [0.717, 1.165) is 5.92 Å². The predicted molar refractivity (Wildman–Crippen MR) is 52.0 cm³/mol. The van der Waals surface area contributed by atoms with E-state index in [0.29, 0.717) is 5.92 Å². The molecule has 1 nitrogen and oxygen atoms in total. The van der Waals surface area contributed by atoms with Crippen LogP contribution in [0, 0.1) is 11.8 Å². The summed E-state index contributed by atoms with van der Waals surface area (Å²) < 4.78 is 0. The molecule has 1 aliphatic rings. The lowest BCUT2D eigenvalue weighted by Gasteiger charge is -2.29. The summed E-state index contributed by atoms with van der Waals surface area (Å²) in [5.41, 5.74) is 2.72. The average Bonchev–Trinajstić information content (AvgIpc) is 2.03. The molecule has 70 valence electrons. The zero-order chi connectivity index (χ0) is 9.14. The lowest BCUT2D eigenvalue weighted by molar-refractivity contribution is 0.286. The predicted octanol–water partition coefficient (Wildman–Crippen LogP) is 2.75. The van der Waals surface area contributed by atoms with Crippen LogP contribution >= 0.6 is 0 Å². The second kappa shape index (κ2) is 4.08. The topological polar surface area (TPSA) is 20.2 Å². The molecule has 0 aliphatic heterocycles. The number of allylic oxidation sites excluding steroid dienone is 1. The second-order valence-electron chi connectivity index (χ2n) is 4.08. The maximum Gasteiger partial charge on any atom is 0.0646 e. The Hall–Kier alpha value is -0.300. The molecule has 0 radical (unpaired) electrons. The second-order valence-corrected chi connectivity index (χ2v) is 4.08. The Labute approximate surface area is 75.5 Å². The molecule has 0 spiro atoms. The van der Waals surface area contributed by atoms with Gasteiger partial charge >= 0.3 is 0 Å². The lowest BCUT2D eigenvalue weighted by Crippen LogP contribution is -2.18. The lowest BCUT2D eigenvalue weighted by atomic mass is 9.77. The average molecular weight is 168 g/mol. The summed E-state index contributed by atoms with van der Waals surface area (Å²) in [5.74, 6) is 1.46. The third kappa shape index (κ3) is 1.89. The molecule has 0 saturated heterocycles. The van der Waals surface area contributed by atoms with Crippen molar-refractivity contribution in [2.75, 3.05) is 6.61 Å². The SMILES string of the molecule is CC[C@H]1CC(C)=C(CO)C(C)C1. The van der Waals surface area contributed by atoms with Crippen LogP contribution in [0.15, 0.2) is 11.1 Å². The normalized spacial score (nSPS) is 31.0. The van der Waals surface area contributed by atoms with E-state index in [1.165, 1.54) is 30.4 Å². The first-order valence-electron chi connectivity index (χ1n) is 4.98. The number of aliphatic hydroxyl groups excluding tert-OH is 1. The molecule has 0 bridgehead atoms. The maximum atomic E-state index is 9.13. The van der Waals surface area contributed by atoms with Gasteiger partial charge in [-0.2, -0.15) is 0 Å². The minimum absolute atomic E-state index is 0.267. The molecule has 0 aromatic carbocycles. The summed E-state index contributed by atoms with van der Waals surface area (Å²) in [7, 11) is 0. The van der Waals surface area contributed by atoms with E-state index in [1.807, 2.05) is 0 Å². The molecule has 0 aromatic rings. The van der Waals surface area contributed by atoms with Crippen LogP contribution in [0.1, 0.15) is 40.0 Å². The van der Waals surface area contributed by atoms with Gasteiger partial charge in [-0.05, 0) is 37.2 Å². The third-order valence-electron chi connectivity index (χ3n) is 3.17. The van der Waals surface area contributed by atoms with Gasteiger partial charge in [0.25, 0.3) is 0 Å². The fourth-order valence-electron chi connectivity index (χ4n) is 2.31. The molecule has 1 aliphatic carbocycles. The van der Waals surface area contributed by atoms with E-state index in [2.05, 4.69) is 20.8 Å². The smallest absolute Gasteiger partial charge is 0.0646 e. The van der Waals surface area contributed by atoms with Crippen LogP contribution in [0.3, 0.4) is 0 Å². The molecule has 0 heterocycles. The van der Waals surface area contributed by atoms with Crippen LogP contribution in [0.5, 0.6) is 0 Å². The van der Waals surface area contributed by atoms with Gasteiger partial charge in [-0.3, -0.25) is 0 Å². The molecular weight excluding hydrogens is 148 g/mol. The first kappa shape index (κ1) is 9.79. The fourth-order valence-corrected chi connectivity index (χ4v) is 2.31. The number of rotatable bonds is 2. The Morgan fingerprint density at radius 3 is 2.58 bits per heavy atom. The first-order valence-corrected chi connectivity index (χ1v) is 4.98. The van der Waals surface area contributed by atoms with E-state index >= 15 is 0 Å². The van der Waals surface area contributed by atoms with Gasteiger partial charge in [-0.15, -0.1) is 0 Å². The van der Waals surface area contributed by atoms with E-state index in [9.17, 15) is 0 Å². The van der Waals surface area contributed by atoms with Crippen molar-refractivity contribution in [3.8, 4) is 0 Å². The molecule has 12 heavy (non-hydrogen) atoms. The highest BCUT2D eigenvalue weighted by atomic mass is 16.3. The van der Waals surface area contributed by atoms with Gasteiger partial charge in [0, 0.05) is 0 Å². The first-order chi connectivity index (χ1) is 5.69. The molecule has 0 fully saturated rings. The zero-order valence-corrected chi connectivity index (χ0v) is 8.43. The van der Waals surface area contributed by atoms with Crippen LogP contribution in [0.2, 0.25) is 0 Å². The van der Waals surface area contributed by atoms with Gasteiger partial charge in [-0.1, -0.05) is 25.8 Å². The standard InChI is InChI=1S/C11H20O/c1-4-10-5-8(2)11(7-12)9(3)6-10/h8,10,12H,4-7H2,1-3H3/t8?,10-/m1/s1. The molecule has 0 amide bonds. The van der Waals surface area contributed by atoms with Gasteiger partial charge in [0.2, 0.25) is 0 Å². The Morgan fingerprint density at radius 2 is 2.17 bits per heavy atom. The number of hydrogen-bond acceptors (Lipinski definition) is 1. The minimum Gasteiger partial charge on any atom is -0.392 e. The molecule has 1 N–H and O–H groups in total. The fraction of sp³-hybridized carbons (Fsp3) is 0.818. The van der Waals surface area contributed by atoms with Crippen molar-refractivity contribution in [2.45, 2.75) is 40.0 Å². The van der Waals surface area contributed by atoms with E-state index in [4.69, 9.17) is 5.11 Å². The molecule has 0 saturated carbocycles. The molecule has 2 atom stereocenters. The van der Waals surface area contributed by atoms with Gasteiger partial charge in [0.1, 0.15) is 0 Å². The van der Waals surface area contributed by atoms with Crippen LogP contribution in [0.4, 0.5) is 0 Å². The highest BCUT2D eigenvalue weighted by Crippen LogP contribution is 2.34. The maximum absolute atomic E-state index is 9.13. The molecular formula is C11H20O. The van der Waals surface area contributed by atoms with Crippen LogP contribution in [-0.4, -0.2) is 11.7 Å².